The third-order valence-corrected chi connectivity index (χ3v) is 4.25. The molecule has 2 aromatic heterocycles. The van der Waals surface area contributed by atoms with E-state index in [0.29, 0.717) is 0 Å². The first-order valence-corrected chi connectivity index (χ1v) is 8.02. The lowest BCUT2D eigenvalue weighted by molar-refractivity contribution is 0.477. The van der Waals surface area contributed by atoms with E-state index in [9.17, 15) is 5.11 Å². The van der Waals surface area contributed by atoms with Gasteiger partial charge in [0.15, 0.2) is 0 Å². The fourth-order valence-electron chi connectivity index (χ4n) is 3.04. The summed E-state index contributed by atoms with van der Waals surface area (Å²) < 4.78 is 2.11. The molecule has 118 valence electrons. The summed E-state index contributed by atoms with van der Waals surface area (Å²) in [4.78, 5) is 4.80. The molecule has 0 radical (unpaired) electrons. The third kappa shape index (κ3) is 2.54. The Morgan fingerprint density at radius 3 is 2.50 bits per heavy atom. The molecular weight excluding hydrogens is 296 g/mol. The van der Waals surface area contributed by atoms with E-state index in [0.717, 1.165) is 29.0 Å². The maximum atomic E-state index is 10.3. The van der Waals surface area contributed by atoms with E-state index < -0.39 is 0 Å². The van der Waals surface area contributed by atoms with Crippen LogP contribution in [0.1, 0.15) is 16.8 Å². The van der Waals surface area contributed by atoms with Crippen LogP contribution in [-0.4, -0.2) is 14.5 Å². The number of phenolic OH excluding ortho intramolecular Hbond substituents is 1. The summed E-state index contributed by atoms with van der Waals surface area (Å²) in [7, 11) is 0. The number of hydrogen-bond acceptors (Lipinski definition) is 2. The molecule has 0 saturated carbocycles. The Morgan fingerprint density at radius 2 is 1.71 bits per heavy atom. The first-order valence-electron chi connectivity index (χ1n) is 8.02. The number of benzene rings is 2. The smallest absolute Gasteiger partial charge is 0.137 e. The number of imidazole rings is 1. The second-order valence-corrected chi connectivity index (χ2v) is 6.02. The quantitative estimate of drug-likeness (QED) is 0.600. The Morgan fingerprint density at radius 1 is 0.958 bits per heavy atom. The van der Waals surface area contributed by atoms with Crippen LogP contribution < -0.4 is 0 Å². The van der Waals surface area contributed by atoms with Gasteiger partial charge >= 0.3 is 0 Å². The number of para-hydroxylation sites is 1. The minimum Gasteiger partial charge on any atom is -0.507 e. The summed E-state index contributed by atoms with van der Waals surface area (Å²) in [6, 6.07) is 21.9. The summed E-state index contributed by atoms with van der Waals surface area (Å²) in [6.07, 6.45) is 2.81. The first-order chi connectivity index (χ1) is 11.7. The van der Waals surface area contributed by atoms with Crippen molar-refractivity contribution in [2.24, 2.45) is 0 Å². The van der Waals surface area contributed by atoms with Gasteiger partial charge in [-0.05, 0) is 42.3 Å². The van der Waals surface area contributed by atoms with Crippen molar-refractivity contribution in [3.63, 3.8) is 0 Å². The molecule has 0 aliphatic heterocycles. The monoisotopic (exact) mass is 314 g/mol. The van der Waals surface area contributed by atoms with Gasteiger partial charge in [-0.15, -0.1) is 0 Å². The van der Waals surface area contributed by atoms with E-state index in [-0.39, 0.29) is 5.75 Å². The van der Waals surface area contributed by atoms with E-state index in [1.54, 1.807) is 6.07 Å². The van der Waals surface area contributed by atoms with Crippen LogP contribution in [0.15, 0.2) is 72.9 Å². The van der Waals surface area contributed by atoms with Crippen LogP contribution in [0.4, 0.5) is 0 Å². The number of phenols is 1. The van der Waals surface area contributed by atoms with E-state index >= 15 is 0 Å². The largest absolute Gasteiger partial charge is 0.507 e. The molecule has 0 amide bonds. The molecule has 4 rings (SSSR count). The van der Waals surface area contributed by atoms with Crippen LogP contribution in [0.25, 0.3) is 16.9 Å². The molecule has 3 heteroatoms. The third-order valence-electron chi connectivity index (χ3n) is 4.25. The molecule has 0 unspecified atom stereocenters. The minimum absolute atomic E-state index is 0.256. The van der Waals surface area contributed by atoms with Gasteiger partial charge in [0.05, 0.1) is 11.4 Å². The predicted octanol–water partition coefficient (Wildman–Crippen LogP) is 4.61. The van der Waals surface area contributed by atoms with E-state index in [1.165, 1.54) is 11.1 Å². The second kappa shape index (κ2) is 5.85. The van der Waals surface area contributed by atoms with Crippen molar-refractivity contribution >= 4 is 5.65 Å². The zero-order chi connectivity index (χ0) is 16.5. The zero-order valence-corrected chi connectivity index (χ0v) is 13.5. The van der Waals surface area contributed by atoms with Gasteiger partial charge in [0, 0.05) is 18.2 Å². The van der Waals surface area contributed by atoms with Gasteiger partial charge in [-0.1, -0.05) is 42.5 Å². The molecular formula is C21H18N2O. The second-order valence-electron chi connectivity index (χ2n) is 6.02. The Bertz CT molecular complexity index is 1000. The highest BCUT2D eigenvalue weighted by Crippen LogP contribution is 2.32. The normalized spacial score (nSPS) is 11.0. The van der Waals surface area contributed by atoms with Crippen molar-refractivity contribution < 1.29 is 5.11 Å². The molecule has 4 aromatic rings. The topological polar surface area (TPSA) is 37.5 Å². The van der Waals surface area contributed by atoms with Gasteiger partial charge in [-0.2, -0.15) is 0 Å². The highest BCUT2D eigenvalue weighted by Gasteiger charge is 2.16. The number of aromatic nitrogens is 2. The van der Waals surface area contributed by atoms with Crippen LogP contribution in [0.5, 0.6) is 5.75 Å². The molecule has 1 N–H and O–H groups in total. The summed E-state index contributed by atoms with van der Waals surface area (Å²) in [5.74, 6) is 0.256. The van der Waals surface area contributed by atoms with Gasteiger partial charge in [-0.3, -0.25) is 0 Å². The summed E-state index contributed by atoms with van der Waals surface area (Å²) >= 11 is 0. The van der Waals surface area contributed by atoms with Crippen molar-refractivity contribution in [3.8, 4) is 17.0 Å². The lowest BCUT2D eigenvalue weighted by Gasteiger charge is -2.07. The molecule has 0 aliphatic carbocycles. The lowest BCUT2D eigenvalue weighted by Crippen LogP contribution is -1.97. The number of hydrogen-bond donors (Lipinski definition) is 1. The van der Waals surface area contributed by atoms with E-state index in [4.69, 9.17) is 4.98 Å². The van der Waals surface area contributed by atoms with Crippen LogP contribution in [0, 0.1) is 6.92 Å². The summed E-state index contributed by atoms with van der Waals surface area (Å²) in [6.45, 7) is 2.06. The highest BCUT2D eigenvalue weighted by atomic mass is 16.3. The SMILES string of the molecule is Cc1ccn2c(Cc3ccccc3)c(-c3ccccc3O)nc2c1. The van der Waals surface area contributed by atoms with E-state index in [2.05, 4.69) is 41.8 Å². The number of pyridine rings is 1. The Hall–Kier alpha value is -3.07. The molecule has 3 nitrogen and oxygen atoms in total. The van der Waals surface area contributed by atoms with Crippen LogP contribution in [-0.2, 0) is 6.42 Å². The molecule has 0 aliphatic rings. The maximum Gasteiger partial charge on any atom is 0.137 e. The minimum atomic E-state index is 0.256. The van der Waals surface area contributed by atoms with Crippen LogP contribution in [0.3, 0.4) is 0 Å². The van der Waals surface area contributed by atoms with Crippen LogP contribution >= 0.6 is 0 Å². The average molecular weight is 314 g/mol. The molecule has 0 atom stereocenters. The summed E-state index contributed by atoms with van der Waals surface area (Å²) in [5.41, 5.74) is 5.98. The first kappa shape index (κ1) is 14.5. The fourth-order valence-corrected chi connectivity index (χ4v) is 3.04. The van der Waals surface area contributed by atoms with Crippen molar-refractivity contribution in [3.05, 3.63) is 89.7 Å². The molecule has 0 spiro atoms. The Balaban J connectivity index is 1.95. The van der Waals surface area contributed by atoms with Crippen molar-refractivity contribution in [2.75, 3.05) is 0 Å². The number of nitrogens with zero attached hydrogens (tertiary/aromatic N) is 2. The standard InChI is InChI=1S/C21H18N2O/c1-15-11-12-23-18(14-16-7-3-2-4-8-16)21(22-20(23)13-15)17-9-5-6-10-19(17)24/h2-13,24H,14H2,1H3. The number of aryl methyl sites for hydroxylation is 1. The van der Waals surface area contributed by atoms with Gasteiger partial charge in [0.25, 0.3) is 0 Å². The van der Waals surface area contributed by atoms with Gasteiger partial charge in [0.1, 0.15) is 11.4 Å². The number of rotatable bonds is 3. The molecule has 24 heavy (non-hydrogen) atoms. The number of aromatic hydroxyl groups is 1. The molecule has 0 saturated heterocycles. The average Bonchev–Trinajstić information content (AvgIpc) is 2.93. The van der Waals surface area contributed by atoms with Gasteiger partial charge in [0.2, 0.25) is 0 Å². The van der Waals surface area contributed by atoms with Crippen molar-refractivity contribution in [2.45, 2.75) is 13.3 Å². The van der Waals surface area contributed by atoms with Gasteiger partial charge in [-0.25, -0.2) is 4.98 Å². The molecule has 2 heterocycles. The maximum absolute atomic E-state index is 10.3. The van der Waals surface area contributed by atoms with Gasteiger partial charge < -0.3 is 9.51 Å². The predicted molar refractivity (Wildman–Crippen MR) is 96.3 cm³/mol. The van der Waals surface area contributed by atoms with Crippen molar-refractivity contribution in [1.29, 1.82) is 0 Å². The molecule has 2 aromatic carbocycles. The fraction of sp³-hybridized carbons (Fsp3) is 0.0952. The Labute approximate surface area is 140 Å². The number of fused-ring (bicyclic) bond motifs is 1. The molecule has 0 fully saturated rings. The zero-order valence-electron chi connectivity index (χ0n) is 13.5. The highest BCUT2D eigenvalue weighted by molar-refractivity contribution is 5.72. The lowest BCUT2D eigenvalue weighted by atomic mass is 10.0. The summed E-state index contributed by atoms with van der Waals surface area (Å²) in [5, 5.41) is 10.3. The Kier molecular flexibility index (Phi) is 3.54. The van der Waals surface area contributed by atoms with Crippen molar-refractivity contribution in [1.82, 2.24) is 9.38 Å². The molecule has 0 bridgehead atoms. The van der Waals surface area contributed by atoms with E-state index in [1.807, 2.05) is 36.4 Å². The van der Waals surface area contributed by atoms with Crippen LogP contribution in [0.2, 0.25) is 0 Å².